The number of rotatable bonds is 7. The van der Waals surface area contributed by atoms with Crippen molar-refractivity contribution in [2.24, 2.45) is 5.92 Å². The Kier molecular flexibility index (Phi) is 6.21. The largest absolute Gasteiger partial charge is 0.384 e. The molecule has 1 aromatic heterocycles. The minimum Gasteiger partial charge on any atom is -0.384 e. The third kappa shape index (κ3) is 5.17. The number of hydrogen-bond acceptors (Lipinski definition) is 3. The van der Waals surface area contributed by atoms with Crippen molar-refractivity contribution in [2.75, 3.05) is 16.8 Å². The van der Waals surface area contributed by atoms with Crippen molar-refractivity contribution >= 4 is 17.3 Å². The lowest BCUT2D eigenvalue weighted by atomic mass is 10.1. The van der Waals surface area contributed by atoms with Crippen molar-refractivity contribution in [1.82, 2.24) is 4.98 Å². The van der Waals surface area contributed by atoms with Gasteiger partial charge in [-0.15, -0.1) is 0 Å². The molecule has 0 atom stereocenters. The molecule has 0 aliphatic rings. The fourth-order valence-electron chi connectivity index (χ4n) is 2.74. The molecule has 1 N–H and O–H groups in total. The van der Waals surface area contributed by atoms with Gasteiger partial charge in [0.05, 0.1) is 18.4 Å². The summed E-state index contributed by atoms with van der Waals surface area (Å²) in [6.07, 6.45) is 1.72. The van der Waals surface area contributed by atoms with Crippen molar-refractivity contribution < 1.29 is 4.79 Å². The molecule has 0 spiro atoms. The van der Waals surface area contributed by atoms with Gasteiger partial charge in [0.2, 0.25) is 0 Å². The van der Waals surface area contributed by atoms with E-state index in [9.17, 15) is 4.79 Å². The van der Waals surface area contributed by atoms with Gasteiger partial charge in [-0.3, -0.25) is 4.79 Å². The molecule has 2 aromatic carbocycles. The zero-order valence-corrected chi connectivity index (χ0v) is 15.8. The highest BCUT2D eigenvalue weighted by Crippen LogP contribution is 2.20. The first-order valence-corrected chi connectivity index (χ1v) is 9.24. The first kappa shape index (κ1) is 18.6. The maximum absolute atomic E-state index is 13.2. The number of nitrogens with one attached hydrogen (secondary N) is 1. The fourth-order valence-corrected chi connectivity index (χ4v) is 2.74. The smallest absolute Gasteiger partial charge is 0.277 e. The molecule has 1 amide bonds. The third-order valence-corrected chi connectivity index (χ3v) is 4.19. The number of aromatic nitrogens is 1. The predicted molar refractivity (Wildman–Crippen MR) is 111 cm³/mol. The fraction of sp³-hybridized carbons (Fsp3) is 0.217. The molecule has 0 saturated heterocycles. The Bertz CT molecular complexity index is 846. The van der Waals surface area contributed by atoms with Crippen LogP contribution in [0, 0.1) is 5.92 Å². The number of carbonyl (C=O) groups excluding carboxylic acids is 1. The summed E-state index contributed by atoms with van der Waals surface area (Å²) in [6.45, 7) is 5.68. The Morgan fingerprint density at radius 2 is 1.63 bits per heavy atom. The molecular weight excluding hydrogens is 334 g/mol. The second-order valence-electron chi connectivity index (χ2n) is 6.92. The van der Waals surface area contributed by atoms with Crippen LogP contribution in [0.15, 0.2) is 79.0 Å². The van der Waals surface area contributed by atoms with Crippen LogP contribution in [-0.2, 0) is 6.54 Å². The zero-order chi connectivity index (χ0) is 19.1. The average Bonchev–Trinajstić information content (AvgIpc) is 2.72. The lowest BCUT2D eigenvalue weighted by Crippen LogP contribution is -2.31. The molecular formula is C23H25N3O. The lowest BCUT2D eigenvalue weighted by Gasteiger charge is -2.23. The van der Waals surface area contributed by atoms with Gasteiger partial charge in [0.15, 0.2) is 0 Å². The van der Waals surface area contributed by atoms with Crippen molar-refractivity contribution in [2.45, 2.75) is 20.4 Å². The average molecular weight is 359 g/mol. The molecule has 0 aliphatic carbocycles. The van der Waals surface area contributed by atoms with Crippen LogP contribution in [0.4, 0.5) is 11.4 Å². The molecule has 0 aliphatic heterocycles. The van der Waals surface area contributed by atoms with E-state index in [0.717, 1.165) is 23.5 Å². The summed E-state index contributed by atoms with van der Waals surface area (Å²) in [5.74, 6) is 0.436. The number of pyridine rings is 1. The Hall–Kier alpha value is -3.14. The number of nitrogens with zero attached hydrogens (tertiary/aromatic N) is 2. The molecule has 3 rings (SSSR count). The SMILES string of the molecule is CC(C)CNc1ccc(C(=O)N(Cc2ccccc2)c2ccccc2)nc1. The first-order chi connectivity index (χ1) is 13.1. The van der Waals surface area contributed by atoms with E-state index in [-0.39, 0.29) is 5.91 Å². The third-order valence-electron chi connectivity index (χ3n) is 4.19. The summed E-state index contributed by atoms with van der Waals surface area (Å²) in [5, 5.41) is 3.32. The van der Waals surface area contributed by atoms with Crippen LogP contribution in [0.2, 0.25) is 0 Å². The van der Waals surface area contributed by atoms with E-state index in [1.54, 1.807) is 17.2 Å². The monoisotopic (exact) mass is 359 g/mol. The topological polar surface area (TPSA) is 45.2 Å². The van der Waals surface area contributed by atoms with Gasteiger partial charge in [-0.05, 0) is 35.7 Å². The van der Waals surface area contributed by atoms with Crippen molar-refractivity contribution in [3.8, 4) is 0 Å². The van der Waals surface area contributed by atoms with Crippen LogP contribution >= 0.6 is 0 Å². The van der Waals surface area contributed by atoms with Gasteiger partial charge in [0, 0.05) is 12.2 Å². The van der Waals surface area contributed by atoms with E-state index >= 15 is 0 Å². The number of amides is 1. The Labute approximate surface area is 160 Å². The maximum Gasteiger partial charge on any atom is 0.277 e. The Morgan fingerprint density at radius 3 is 2.22 bits per heavy atom. The molecule has 0 bridgehead atoms. The summed E-state index contributed by atoms with van der Waals surface area (Å²) >= 11 is 0. The van der Waals surface area contributed by atoms with Gasteiger partial charge in [0.25, 0.3) is 5.91 Å². The van der Waals surface area contributed by atoms with Crippen LogP contribution in [0.25, 0.3) is 0 Å². The second kappa shape index (κ2) is 8.99. The molecule has 4 nitrogen and oxygen atoms in total. The molecule has 3 aromatic rings. The highest BCUT2D eigenvalue weighted by Gasteiger charge is 2.19. The summed E-state index contributed by atoms with van der Waals surface area (Å²) in [4.78, 5) is 19.3. The lowest BCUT2D eigenvalue weighted by molar-refractivity contribution is 0.0980. The standard InChI is InChI=1S/C23H25N3O/c1-18(2)15-24-20-13-14-22(25-16-20)23(27)26(21-11-7-4-8-12-21)17-19-9-5-3-6-10-19/h3-14,16,18,24H,15,17H2,1-2H3. The van der Waals surface area contributed by atoms with Gasteiger partial charge in [-0.1, -0.05) is 62.4 Å². The van der Waals surface area contributed by atoms with Crippen molar-refractivity contribution in [1.29, 1.82) is 0 Å². The minimum atomic E-state index is -0.111. The molecule has 0 saturated carbocycles. The minimum absolute atomic E-state index is 0.111. The van der Waals surface area contributed by atoms with Crippen LogP contribution in [-0.4, -0.2) is 17.4 Å². The van der Waals surface area contributed by atoms with E-state index in [1.807, 2.05) is 66.7 Å². The first-order valence-electron chi connectivity index (χ1n) is 9.24. The zero-order valence-electron chi connectivity index (χ0n) is 15.8. The van der Waals surface area contributed by atoms with Crippen molar-refractivity contribution in [3.05, 3.63) is 90.3 Å². The molecule has 27 heavy (non-hydrogen) atoms. The number of para-hydroxylation sites is 1. The van der Waals surface area contributed by atoms with E-state index in [4.69, 9.17) is 0 Å². The number of carbonyl (C=O) groups is 1. The highest BCUT2D eigenvalue weighted by atomic mass is 16.2. The Balaban J connectivity index is 1.82. The summed E-state index contributed by atoms with van der Waals surface area (Å²) in [7, 11) is 0. The molecule has 4 heteroatoms. The summed E-state index contributed by atoms with van der Waals surface area (Å²) < 4.78 is 0. The van der Waals surface area contributed by atoms with Crippen LogP contribution in [0.1, 0.15) is 29.9 Å². The van der Waals surface area contributed by atoms with E-state index in [2.05, 4.69) is 24.1 Å². The van der Waals surface area contributed by atoms with Gasteiger partial charge in [-0.25, -0.2) is 4.98 Å². The highest BCUT2D eigenvalue weighted by molar-refractivity contribution is 6.04. The number of hydrogen-bond donors (Lipinski definition) is 1. The molecule has 0 unspecified atom stereocenters. The van der Waals surface area contributed by atoms with E-state index in [0.29, 0.717) is 18.2 Å². The molecule has 0 radical (unpaired) electrons. The predicted octanol–water partition coefficient (Wildman–Crippen LogP) is 5.00. The number of anilines is 2. The van der Waals surface area contributed by atoms with Gasteiger partial charge in [-0.2, -0.15) is 0 Å². The van der Waals surface area contributed by atoms with Crippen LogP contribution in [0.5, 0.6) is 0 Å². The molecule has 1 heterocycles. The van der Waals surface area contributed by atoms with Gasteiger partial charge >= 0.3 is 0 Å². The van der Waals surface area contributed by atoms with E-state index in [1.165, 1.54) is 0 Å². The maximum atomic E-state index is 13.2. The quantitative estimate of drug-likeness (QED) is 0.646. The van der Waals surface area contributed by atoms with Gasteiger partial charge < -0.3 is 10.2 Å². The van der Waals surface area contributed by atoms with E-state index < -0.39 is 0 Å². The van der Waals surface area contributed by atoms with Gasteiger partial charge in [0.1, 0.15) is 5.69 Å². The number of benzene rings is 2. The summed E-state index contributed by atoms with van der Waals surface area (Å²) in [6, 6.07) is 23.4. The molecule has 0 fully saturated rings. The van der Waals surface area contributed by atoms with Crippen molar-refractivity contribution in [3.63, 3.8) is 0 Å². The van der Waals surface area contributed by atoms with Crippen LogP contribution < -0.4 is 10.2 Å². The second-order valence-corrected chi connectivity index (χ2v) is 6.92. The van der Waals surface area contributed by atoms with Crippen LogP contribution in [0.3, 0.4) is 0 Å². The normalized spacial score (nSPS) is 10.6. The molecule has 138 valence electrons. The summed E-state index contributed by atoms with van der Waals surface area (Å²) in [5.41, 5.74) is 3.29. The Morgan fingerprint density at radius 1 is 0.963 bits per heavy atom.